The van der Waals surface area contributed by atoms with Crippen LogP contribution in [0.15, 0.2) is 64.0 Å². The lowest BCUT2D eigenvalue weighted by Gasteiger charge is -2.09. The van der Waals surface area contributed by atoms with Crippen molar-refractivity contribution in [3.05, 3.63) is 65.0 Å². The molecular weight excluding hydrogens is 330 g/mol. The molecule has 0 amide bonds. The van der Waals surface area contributed by atoms with E-state index in [1.54, 1.807) is 12.3 Å². The average molecular weight is 347 g/mol. The van der Waals surface area contributed by atoms with Crippen LogP contribution in [0, 0.1) is 0 Å². The van der Waals surface area contributed by atoms with Crippen molar-refractivity contribution in [2.45, 2.75) is 20.0 Å². The number of pyridine rings is 1. The van der Waals surface area contributed by atoms with Gasteiger partial charge in [0.25, 0.3) is 5.89 Å². The summed E-state index contributed by atoms with van der Waals surface area (Å²) in [6.07, 6.45) is 1.71. The molecule has 2 heterocycles. The van der Waals surface area contributed by atoms with Crippen molar-refractivity contribution in [3.63, 3.8) is 0 Å². The van der Waals surface area contributed by atoms with Gasteiger partial charge in [-0.25, -0.2) is 0 Å². The number of benzene rings is 2. The highest BCUT2D eigenvalue weighted by atomic mass is 16.5. The lowest BCUT2D eigenvalue weighted by Crippen LogP contribution is -2.06. The largest absolute Gasteiger partial charge is 0.491 e. The van der Waals surface area contributed by atoms with E-state index >= 15 is 0 Å². The molecule has 0 atom stereocenters. The number of hydrogen-bond acceptors (Lipinski definition) is 5. The lowest BCUT2D eigenvalue weighted by molar-refractivity contribution is 0.242. The van der Waals surface area contributed by atoms with Gasteiger partial charge in [0, 0.05) is 22.7 Å². The standard InChI is InChI=1S/C20H17N3O3/c1-12(2)25-14-9-7-13(8-10-14)19-22-20(26-23-19)16-11-21-17-6-4-3-5-15(17)18(16)24/h3-12H,1-2H3,(H,21,24). The van der Waals surface area contributed by atoms with Crippen LogP contribution in [0.5, 0.6) is 5.75 Å². The molecule has 4 aromatic rings. The van der Waals surface area contributed by atoms with Gasteiger partial charge in [0.05, 0.1) is 6.10 Å². The van der Waals surface area contributed by atoms with Crippen molar-refractivity contribution < 1.29 is 9.26 Å². The average Bonchev–Trinajstić information content (AvgIpc) is 3.12. The number of H-pyrrole nitrogens is 1. The molecule has 4 rings (SSSR count). The van der Waals surface area contributed by atoms with Crippen molar-refractivity contribution in [3.8, 4) is 28.6 Å². The Balaban J connectivity index is 1.68. The molecule has 2 aromatic carbocycles. The Morgan fingerprint density at radius 3 is 2.62 bits per heavy atom. The first kappa shape index (κ1) is 16.1. The first-order chi connectivity index (χ1) is 12.6. The second-order valence-corrected chi connectivity index (χ2v) is 6.19. The minimum Gasteiger partial charge on any atom is -0.491 e. The Morgan fingerprint density at radius 1 is 1.08 bits per heavy atom. The number of para-hydroxylation sites is 1. The molecule has 0 saturated carbocycles. The van der Waals surface area contributed by atoms with E-state index in [2.05, 4.69) is 15.1 Å². The quantitative estimate of drug-likeness (QED) is 0.603. The summed E-state index contributed by atoms with van der Waals surface area (Å²) in [7, 11) is 0. The third-order valence-electron chi connectivity index (χ3n) is 3.93. The topological polar surface area (TPSA) is 81.0 Å². The predicted molar refractivity (Wildman–Crippen MR) is 99.1 cm³/mol. The number of aromatic amines is 1. The van der Waals surface area contributed by atoms with Crippen molar-refractivity contribution in [1.29, 1.82) is 0 Å². The van der Waals surface area contributed by atoms with E-state index < -0.39 is 0 Å². The van der Waals surface area contributed by atoms with Crippen LogP contribution in [-0.4, -0.2) is 21.2 Å². The number of hydrogen-bond donors (Lipinski definition) is 1. The van der Waals surface area contributed by atoms with Crippen LogP contribution in [0.2, 0.25) is 0 Å². The fraction of sp³-hybridized carbons (Fsp3) is 0.150. The van der Waals surface area contributed by atoms with Gasteiger partial charge in [-0.1, -0.05) is 17.3 Å². The number of nitrogens with one attached hydrogen (secondary N) is 1. The molecule has 130 valence electrons. The molecule has 6 nitrogen and oxygen atoms in total. The molecule has 26 heavy (non-hydrogen) atoms. The van der Waals surface area contributed by atoms with Gasteiger partial charge in [-0.3, -0.25) is 4.79 Å². The summed E-state index contributed by atoms with van der Waals surface area (Å²) in [6.45, 7) is 3.95. The molecule has 6 heteroatoms. The summed E-state index contributed by atoms with van der Waals surface area (Å²) in [6, 6.07) is 14.7. The first-order valence-electron chi connectivity index (χ1n) is 8.33. The van der Waals surface area contributed by atoms with E-state index in [0.29, 0.717) is 16.8 Å². The molecule has 0 spiro atoms. The summed E-state index contributed by atoms with van der Waals surface area (Å²) in [5.41, 5.74) is 1.76. The molecule has 0 aliphatic rings. The maximum atomic E-state index is 12.7. The van der Waals surface area contributed by atoms with E-state index in [1.165, 1.54) is 0 Å². The zero-order valence-electron chi connectivity index (χ0n) is 14.4. The minimum absolute atomic E-state index is 0.109. The second-order valence-electron chi connectivity index (χ2n) is 6.19. The molecule has 0 aliphatic carbocycles. The van der Waals surface area contributed by atoms with Gasteiger partial charge < -0.3 is 14.2 Å². The zero-order valence-corrected chi connectivity index (χ0v) is 14.4. The van der Waals surface area contributed by atoms with Gasteiger partial charge in [-0.15, -0.1) is 0 Å². The molecule has 0 fully saturated rings. The predicted octanol–water partition coefficient (Wildman–Crippen LogP) is 4.03. The van der Waals surface area contributed by atoms with Gasteiger partial charge in [0.1, 0.15) is 11.3 Å². The van der Waals surface area contributed by atoms with Crippen molar-refractivity contribution >= 4 is 10.9 Å². The maximum Gasteiger partial charge on any atom is 0.263 e. The Hall–Kier alpha value is -3.41. The molecule has 2 aromatic heterocycles. The summed E-state index contributed by atoms with van der Waals surface area (Å²) in [5.74, 6) is 1.39. The zero-order chi connectivity index (χ0) is 18.1. The van der Waals surface area contributed by atoms with Crippen LogP contribution in [0.1, 0.15) is 13.8 Å². The third-order valence-corrected chi connectivity index (χ3v) is 3.93. The van der Waals surface area contributed by atoms with Gasteiger partial charge in [0.15, 0.2) is 0 Å². The Labute approximate surface area is 149 Å². The van der Waals surface area contributed by atoms with Gasteiger partial charge in [0.2, 0.25) is 11.3 Å². The van der Waals surface area contributed by atoms with Crippen molar-refractivity contribution in [1.82, 2.24) is 15.1 Å². The van der Waals surface area contributed by atoms with E-state index in [0.717, 1.165) is 16.8 Å². The number of aromatic nitrogens is 3. The summed E-state index contributed by atoms with van der Waals surface area (Å²) < 4.78 is 10.9. The fourth-order valence-electron chi connectivity index (χ4n) is 2.73. The Morgan fingerprint density at radius 2 is 1.85 bits per heavy atom. The van der Waals surface area contributed by atoms with E-state index in [-0.39, 0.29) is 17.4 Å². The van der Waals surface area contributed by atoms with E-state index in [4.69, 9.17) is 9.26 Å². The normalized spacial score (nSPS) is 11.2. The van der Waals surface area contributed by atoms with Crippen LogP contribution in [-0.2, 0) is 0 Å². The molecular formula is C20H17N3O3. The highest BCUT2D eigenvalue weighted by molar-refractivity contribution is 5.82. The van der Waals surface area contributed by atoms with Crippen LogP contribution in [0.4, 0.5) is 0 Å². The van der Waals surface area contributed by atoms with Crippen molar-refractivity contribution in [2.75, 3.05) is 0 Å². The molecule has 0 bridgehead atoms. The van der Waals surface area contributed by atoms with Crippen molar-refractivity contribution in [2.24, 2.45) is 0 Å². The molecule has 0 aliphatic heterocycles. The first-order valence-corrected chi connectivity index (χ1v) is 8.33. The highest BCUT2D eigenvalue weighted by Gasteiger charge is 2.15. The van der Waals surface area contributed by atoms with Crippen LogP contribution >= 0.6 is 0 Å². The molecule has 0 unspecified atom stereocenters. The Kier molecular flexibility index (Phi) is 4.01. The number of fused-ring (bicyclic) bond motifs is 1. The van der Waals surface area contributed by atoms with Crippen LogP contribution < -0.4 is 10.2 Å². The van der Waals surface area contributed by atoms with Gasteiger partial charge in [-0.05, 0) is 50.2 Å². The van der Waals surface area contributed by atoms with Gasteiger partial charge in [-0.2, -0.15) is 4.98 Å². The SMILES string of the molecule is CC(C)Oc1ccc(-c2noc(-c3c[nH]c4ccccc4c3=O)n2)cc1. The number of nitrogens with zero attached hydrogens (tertiary/aromatic N) is 2. The van der Waals surface area contributed by atoms with E-state index in [9.17, 15) is 4.79 Å². The third kappa shape index (κ3) is 2.97. The van der Waals surface area contributed by atoms with Crippen LogP contribution in [0.25, 0.3) is 33.7 Å². The monoisotopic (exact) mass is 347 g/mol. The van der Waals surface area contributed by atoms with Crippen LogP contribution in [0.3, 0.4) is 0 Å². The highest BCUT2D eigenvalue weighted by Crippen LogP contribution is 2.23. The number of rotatable bonds is 4. The summed E-state index contributed by atoms with van der Waals surface area (Å²) in [5, 5.41) is 4.58. The maximum absolute atomic E-state index is 12.7. The molecule has 0 saturated heterocycles. The molecule has 0 radical (unpaired) electrons. The smallest absolute Gasteiger partial charge is 0.263 e. The van der Waals surface area contributed by atoms with E-state index in [1.807, 2.05) is 56.3 Å². The minimum atomic E-state index is -0.143. The summed E-state index contributed by atoms with van der Waals surface area (Å²) in [4.78, 5) is 20.1. The van der Waals surface area contributed by atoms with Gasteiger partial charge >= 0.3 is 0 Å². The number of ether oxygens (including phenoxy) is 1. The Bertz CT molecular complexity index is 1110. The lowest BCUT2D eigenvalue weighted by atomic mass is 10.1. The second kappa shape index (κ2) is 6.48. The fourth-order valence-corrected chi connectivity index (χ4v) is 2.73. The summed E-state index contributed by atoms with van der Waals surface area (Å²) >= 11 is 0. The molecule has 1 N–H and O–H groups in total.